The first-order chi connectivity index (χ1) is 9.61. The molecule has 1 atom stereocenters. The lowest BCUT2D eigenvalue weighted by Gasteiger charge is -2.36. The molecule has 2 N–H and O–H groups in total. The van der Waals surface area contributed by atoms with E-state index in [1.54, 1.807) is 0 Å². The molecule has 1 heterocycles. The Bertz CT molecular complexity index is 442. The first-order valence-electron chi connectivity index (χ1n) is 7.29. The number of carbonyl (C=O) groups is 1. The van der Waals surface area contributed by atoms with E-state index in [0.717, 1.165) is 17.5 Å². The van der Waals surface area contributed by atoms with Crippen molar-refractivity contribution in [3.05, 3.63) is 35.4 Å². The lowest BCUT2D eigenvalue weighted by atomic mass is 10.0. The quantitative estimate of drug-likeness (QED) is 0.915. The van der Waals surface area contributed by atoms with Gasteiger partial charge in [-0.25, -0.2) is 0 Å². The first kappa shape index (κ1) is 15.0. The lowest BCUT2D eigenvalue weighted by molar-refractivity contribution is -0.00746. The molecule has 0 bridgehead atoms. The topological polar surface area (TPSA) is 55.6 Å². The van der Waals surface area contributed by atoms with Crippen LogP contribution in [0.15, 0.2) is 24.3 Å². The van der Waals surface area contributed by atoms with Crippen LogP contribution in [0.3, 0.4) is 0 Å². The summed E-state index contributed by atoms with van der Waals surface area (Å²) in [7, 11) is 0. The van der Waals surface area contributed by atoms with Gasteiger partial charge in [0.25, 0.3) is 5.91 Å². The summed E-state index contributed by atoms with van der Waals surface area (Å²) in [4.78, 5) is 14.6. The summed E-state index contributed by atoms with van der Waals surface area (Å²) in [6.07, 6.45) is 0.979. The van der Waals surface area contributed by atoms with Crippen molar-refractivity contribution in [3.63, 3.8) is 0 Å². The van der Waals surface area contributed by atoms with Gasteiger partial charge in [0.15, 0.2) is 0 Å². The number of hydrogen-bond donors (Lipinski definition) is 1. The van der Waals surface area contributed by atoms with Gasteiger partial charge in [-0.05, 0) is 30.0 Å². The van der Waals surface area contributed by atoms with Crippen molar-refractivity contribution < 1.29 is 9.53 Å². The normalized spacial score (nSPS) is 19.4. The second-order valence-electron chi connectivity index (χ2n) is 5.76. The first-order valence-corrected chi connectivity index (χ1v) is 7.29. The average molecular weight is 276 g/mol. The van der Waals surface area contributed by atoms with Crippen LogP contribution >= 0.6 is 0 Å². The van der Waals surface area contributed by atoms with Gasteiger partial charge in [0.2, 0.25) is 0 Å². The summed E-state index contributed by atoms with van der Waals surface area (Å²) in [5.74, 6) is 0.652. The van der Waals surface area contributed by atoms with Crippen LogP contribution in [0.25, 0.3) is 0 Å². The maximum absolute atomic E-state index is 12.6. The Morgan fingerprint density at radius 3 is 2.70 bits per heavy atom. The Labute approximate surface area is 120 Å². The molecule has 0 spiro atoms. The number of hydrogen-bond acceptors (Lipinski definition) is 3. The Morgan fingerprint density at radius 1 is 1.40 bits per heavy atom. The monoisotopic (exact) mass is 276 g/mol. The minimum Gasteiger partial charge on any atom is -0.377 e. The van der Waals surface area contributed by atoms with Crippen LogP contribution in [0.2, 0.25) is 0 Å². The number of amides is 1. The highest BCUT2D eigenvalue weighted by atomic mass is 16.5. The molecule has 0 saturated carbocycles. The summed E-state index contributed by atoms with van der Waals surface area (Å²) in [5, 5.41) is 0. The highest BCUT2D eigenvalue weighted by Gasteiger charge is 2.28. The highest BCUT2D eigenvalue weighted by Crippen LogP contribution is 2.18. The van der Waals surface area contributed by atoms with Crippen LogP contribution in [0.1, 0.15) is 36.2 Å². The number of ether oxygens (including phenoxy) is 1. The largest absolute Gasteiger partial charge is 0.377 e. The smallest absolute Gasteiger partial charge is 0.254 e. The van der Waals surface area contributed by atoms with Crippen LogP contribution < -0.4 is 5.73 Å². The number of morpholine rings is 1. The molecular formula is C16H24N2O2. The van der Waals surface area contributed by atoms with E-state index in [1.165, 1.54) is 0 Å². The Balaban J connectivity index is 2.11. The predicted octanol–water partition coefficient (Wildman–Crippen LogP) is 2.03. The molecule has 1 aliphatic rings. The zero-order valence-corrected chi connectivity index (χ0v) is 12.3. The third-order valence-electron chi connectivity index (χ3n) is 3.67. The number of rotatable bonds is 4. The van der Waals surface area contributed by atoms with E-state index in [4.69, 9.17) is 10.5 Å². The van der Waals surface area contributed by atoms with Crippen molar-refractivity contribution >= 4 is 5.91 Å². The molecule has 1 aromatic rings. The maximum Gasteiger partial charge on any atom is 0.254 e. The molecule has 2 rings (SSSR count). The van der Waals surface area contributed by atoms with E-state index in [2.05, 4.69) is 13.8 Å². The van der Waals surface area contributed by atoms with E-state index >= 15 is 0 Å². The van der Waals surface area contributed by atoms with Gasteiger partial charge in [0, 0.05) is 18.7 Å². The van der Waals surface area contributed by atoms with E-state index in [9.17, 15) is 4.79 Å². The molecule has 110 valence electrons. The maximum atomic E-state index is 12.6. The van der Waals surface area contributed by atoms with Gasteiger partial charge in [0.05, 0.1) is 19.3 Å². The molecule has 1 saturated heterocycles. The van der Waals surface area contributed by atoms with E-state index in [1.807, 2.05) is 29.2 Å². The summed E-state index contributed by atoms with van der Waals surface area (Å²) >= 11 is 0. The molecule has 0 aromatic heterocycles. The van der Waals surface area contributed by atoms with Crippen LogP contribution in [-0.4, -0.2) is 36.6 Å². The second-order valence-corrected chi connectivity index (χ2v) is 5.76. The minimum atomic E-state index is 0.0996. The zero-order chi connectivity index (χ0) is 14.5. The van der Waals surface area contributed by atoms with Gasteiger partial charge in [-0.2, -0.15) is 0 Å². The third kappa shape index (κ3) is 3.58. The summed E-state index contributed by atoms with van der Waals surface area (Å²) in [6.45, 7) is 6.80. The molecule has 0 aliphatic carbocycles. The second kappa shape index (κ2) is 6.86. The summed E-state index contributed by atoms with van der Waals surface area (Å²) in [6, 6.07) is 7.76. The number of benzene rings is 1. The van der Waals surface area contributed by atoms with Crippen LogP contribution in [0, 0.1) is 5.92 Å². The minimum absolute atomic E-state index is 0.0996. The Kier molecular flexibility index (Phi) is 5.15. The molecule has 1 aliphatic heterocycles. The van der Waals surface area contributed by atoms with Crippen molar-refractivity contribution in [3.8, 4) is 0 Å². The van der Waals surface area contributed by atoms with Gasteiger partial charge < -0.3 is 15.4 Å². The third-order valence-corrected chi connectivity index (χ3v) is 3.67. The molecule has 1 fully saturated rings. The van der Waals surface area contributed by atoms with Crippen molar-refractivity contribution in [2.75, 3.05) is 19.8 Å². The van der Waals surface area contributed by atoms with Crippen LogP contribution in [0.4, 0.5) is 0 Å². The van der Waals surface area contributed by atoms with Crippen LogP contribution in [0.5, 0.6) is 0 Å². The highest BCUT2D eigenvalue weighted by molar-refractivity contribution is 5.94. The van der Waals surface area contributed by atoms with Gasteiger partial charge in [-0.3, -0.25) is 4.79 Å². The van der Waals surface area contributed by atoms with E-state index in [-0.39, 0.29) is 11.9 Å². The molecule has 1 amide bonds. The fourth-order valence-corrected chi connectivity index (χ4v) is 2.61. The zero-order valence-electron chi connectivity index (χ0n) is 12.3. The molecule has 0 unspecified atom stereocenters. The average Bonchev–Trinajstić information content (AvgIpc) is 2.46. The fraction of sp³-hybridized carbons (Fsp3) is 0.562. The van der Waals surface area contributed by atoms with Crippen molar-refractivity contribution in [2.45, 2.75) is 32.9 Å². The molecule has 20 heavy (non-hydrogen) atoms. The summed E-state index contributed by atoms with van der Waals surface area (Å²) in [5.41, 5.74) is 7.36. The molecule has 0 radical (unpaired) electrons. The number of carbonyl (C=O) groups excluding carboxylic acids is 1. The SMILES string of the molecule is CC(C)C[C@H]1COCCN1C(=O)c1ccc(CN)cc1. The van der Waals surface area contributed by atoms with Crippen molar-refractivity contribution in [2.24, 2.45) is 11.7 Å². The van der Waals surface area contributed by atoms with Crippen LogP contribution in [-0.2, 0) is 11.3 Å². The Morgan fingerprint density at radius 2 is 2.10 bits per heavy atom. The van der Waals surface area contributed by atoms with E-state index in [0.29, 0.717) is 32.2 Å². The molecule has 4 nitrogen and oxygen atoms in total. The van der Waals surface area contributed by atoms with Gasteiger partial charge in [0.1, 0.15) is 0 Å². The van der Waals surface area contributed by atoms with Gasteiger partial charge in [-0.1, -0.05) is 26.0 Å². The molecule has 4 heteroatoms. The molecular weight excluding hydrogens is 252 g/mol. The van der Waals surface area contributed by atoms with Gasteiger partial charge in [-0.15, -0.1) is 0 Å². The Hall–Kier alpha value is -1.39. The predicted molar refractivity (Wildman–Crippen MR) is 79.4 cm³/mol. The van der Waals surface area contributed by atoms with Crippen molar-refractivity contribution in [1.29, 1.82) is 0 Å². The molecule has 1 aromatic carbocycles. The van der Waals surface area contributed by atoms with Crippen molar-refractivity contribution in [1.82, 2.24) is 4.90 Å². The standard InChI is InChI=1S/C16H24N2O2/c1-12(2)9-15-11-20-8-7-18(15)16(19)14-5-3-13(10-17)4-6-14/h3-6,12,15H,7-11,17H2,1-2H3/t15-/m0/s1. The number of nitrogens with zero attached hydrogens (tertiary/aromatic N) is 1. The number of nitrogens with two attached hydrogens (primary N) is 1. The van der Waals surface area contributed by atoms with Gasteiger partial charge >= 0.3 is 0 Å². The summed E-state index contributed by atoms with van der Waals surface area (Å²) < 4.78 is 5.53. The lowest BCUT2D eigenvalue weighted by Crippen LogP contribution is -2.49. The van der Waals surface area contributed by atoms with E-state index < -0.39 is 0 Å². The fourth-order valence-electron chi connectivity index (χ4n) is 2.61.